The van der Waals surface area contributed by atoms with E-state index in [9.17, 15) is 5.11 Å². The highest BCUT2D eigenvalue weighted by Gasteiger charge is 2.27. The largest absolute Gasteiger partial charge is 0.457 e. The van der Waals surface area contributed by atoms with Gasteiger partial charge in [0.15, 0.2) is 11.6 Å². The number of furan rings is 1. The van der Waals surface area contributed by atoms with E-state index in [4.69, 9.17) is 4.42 Å². The van der Waals surface area contributed by atoms with Crippen LogP contribution in [0.2, 0.25) is 0 Å². The Hall–Kier alpha value is -2.39. The summed E-state index contributed by atoms with van der Waals surface area (Å²) in [5, 5.41) is 10.8. The quantitative estimate of drug-likeness (QED) is 0.544. The molecule has 1 atom stereocenters. The third-order valence-electron chi connectivity index (χ3n) is 4.39. The summed E-state index contributed by atoms with van der Waals surface area (Å²) in [5.74, 6) is 0.285. The fourth-order valence-electron chi connectivity index (χ4n) is 3.04. The normalized spacial score (nSPS) is 12.3. The number of hydrogen-bond donors (Lipinski definition) is 1. The minimum atomic E-state index is -1.03. The highest BCUT2D eigenvalue weighted by atomic mass is 19.1. The van der Waals surface area contributed by atoms with Gasteiger partial charge in [-0.15, -0.1) is 0 Å². The van der Waals surface area contributed by atoms with Crippen LogP contribution in [-0.2, 0) is 6.42 Å². The predicted octanol–water partition coefficient (Wildman–Crippen LogP) is 5.90. The van der Waals surface area contributed by atoms with Gasteiger partial charge in [0.05, 0.1) is 5.56 Å². The minimum absolute atomic E-state index is 0.206. The molecule has 0 fully saturated rings. The molecule has 0 amide bonds. The lowest BCUT2D eigenvalue weighted by molar-refractivity contribution is 0.213. The third-order valence-corrected chi connectivity index (χ3v) is 4.39. The Morgan fingerprint density at radius 3 is 2.24 bits per heavy atom. The highest BCUT2D eigenvalue weighted by Crippen LogP contribution is 2.37. The molecule has 2 aromatic carbocycles. The van der Waals surface area contributed by atoms with Crippen molar-refractivity contribution in [3.05, 3.63) is 83.4 Å². The van der Waals surface area contributed by atoms with Crippen LogP contribution in [-0.4, -0.2) is 5.11 Å². The maximum atomic E-state index is 15.2. The second-order valence-corrected chi connectivity index (χ2v) is 6.22. The Morgan fingerprint density at radius 2 is 1.60 bits per heavy atom. The zero-order chi connectivity index (χ0) is 17.6. The molecule has 0 bridgehead atoms. The van der Waals surface area contributed by atoms with Crippen molar-refractivity contribution in [2.24, 2.45) is 0 Å². The molecule has 0 aliphatic rings. The summed E-state index contributed by atoms with van der Waals surface area (Å²) in [6.45, 7) is 2.12. The molecule has 2 nitrogen and oxygen atoms in total. The SMILES string of the molecule is CCCCCc1oc(-c2ccccc2)c(F)c1C(O)c1ccccc1. The summed E-state index contributed by atoms with van der Waals surface area (Å²) in [4.78, 5) is 0. The number of aliphatic hydroxyl groups excluding tert-OH is 1. The minimum Gasteiger partial charge on any atom is -0.457 e. The molecule has 3 aromatic rings. The first-order valence-electron chi connectivity index (χ1n) is 8.81. The van der Waals surface area contributed by atoms with E-state index in [1.54, 1.807) is 12.1 Å². The van der Waals surface area contributed by atoms with E-state index in [0.29, 0.717) is 23.3 Å². The molecule has 0 saturated carbocycles. The van der Waals surface area contributed by atoms with Crippen LogP contribution < -0.4 is 0 Å². The predicted molar refractivity (Wildman–Crippen MR) is 97.8 cm³/mol. The van der Waals surface area contributed by atoms with Gasteiger partial charge >= 0.3 is 0 Å². The number of aryl methyl sites for hydroxylation is 1. The van der Waals surface area contributed by atoms with Crippen molar-refractivity contribution < 1.29 is 13.9 Å². The Morgan fingerprint density at radius 1 is 0.960 bits per heavy atom. The highest BCUT2D eigenvalue weighted by molar-refractivity contribution is 5.60. The van der Waals surface area contributed by atoms with Crippen molar-refractivity contribution in [3.8, 4) is 11.3 Å². The van der Waals surface area contributed by atoms with Crippen LogP contribution in [0.4, 0.5) is 4.39 Å². The summed E-state index contributed by atoms with van der Waals surface area (Å²) in [6.07, 6.45) is 2.62. The van der Waals surface area contributed by atoms with Gasteiger partial charge in [-0.1, -0.05) is 80.4 Å². The van der Waals surface area contributed by atoms with Crippen LogP contribution in [0, 0.1) is 5.82 Å². The van der Waals surface area contributed by atoms with Crippen molar-refractivity contribution >= 4 is 0 Å². The number of aliphatic hydroxyl groups is 1. The monoisotopic (exact) mass is 338 g/mol. The first-order chi connectivity index (χ1) is 12.2. The molecule has 0 aliphatic carbocycles. The van der Waals surface area contributed by atoms with Gasteiger partial charge in [0.25, 0.3) is 0 Å². The lowest BCUT2D eigenvalue weighted by Crippen LogP contribution is -2.04. The first kappa shape index (κ1) is 17.4. The molecule has 0 aliphatic heterocycles. The molecule has 130 valence electrons. The van der Waals surface area contributed by atoms with Crippen LogP contribution in [0.1, 0.15) is 49.2 Å². The average Bonchev–Trinajstić information content (AvgIpc) is 2.99. The van der Waals surface area contributed by atoms with E-state index in [1.165, 1.54) is 0 Å². The van der Waals surface area contributed by atoms with Crippen molar-refractivity contribution in [2.45, 2.75) is 38.7 Å². The zero-order valence-electron chi connectivity index (χ0n) is 14.4. The average molecular weight is 338 g/mol. The van der Waals surface area contributed by atoms with Crippen LogP contribution in [0.15, 0.2) is 65.1 Å². The number of unbranched alkanes of at least 4 members (excludes halogenated alkanes) is 2. The molecular formula is C22H23FO2. The van der Waals surface area contributed by atoms with Crippen LogP contribution >= 0.6 is 0 Å². The van der Waals surface area contributed by atoms with Crippen molar-refractivity contribution in [1.82, 2.24) is 0 Å². The number of halogens is 1. The van der Waals surface area contributed by atoms with Gasteiger partial charge in [0.2, 0.25) is 0 Å². The number of rotatable bonds is 7. The summed E-state index contributed by atoms with van der Waals surface area (Å²) in [6, 6.07) is 18.4. The van der Waals surface area contributed by atoms with E-state index in [-0.39, 0.29) is 11.3 Å². The first-order valence-corrected chi connectivity index (χ1v) is 8.81. The molecule has 0 saturated heterocycles. The fourth-order valence-corrected chi connectivity index (χ4v) is 3.04. The maximum Gasteiger partial charge on any atom is 0.175 e. The lowest BCUT2D eigenvalue weighted by atomic mass is 9.98. The van der Waals surface area contributed by atoms with Crippen molar-refractivity contribution in [2.75, 3.05) is 0 Å². The van der Waals surface area contributed by atoms with E-state index >= 15 is 4.39 Å². The van der Waals surface area contributed by atoms with E-state index < -0.39 is 11.9 Å². The number of hydrogen-bond acceptors (Lipinski definition) is 2. The molecule has 1 N–H and O–H groups in total. The maximum absolute atomic E-state index is 15.2. The summed E-state index contributed by atoms with van der Waals surface area (Å²) < 4.78 is 21.1. The number of benzene rings is 2. The van der Waals surface area contributed by atoms with E-state index in [0.717, 1.165) is 19.3 Å². The topological polar surface area (TPSA) is 33.4 Å². The molecular weight excluding hydrogens is 315 g/mol. The Kier molecular flexibility index (Phi) is 5.67. The standard InChI is InChI=1S/C22H23FO2/c1-2-3-6-15-18-19(21(24)16-11-7-4-8-12-16)20(23)22(25-18)17-13-9-5-10-14-17/h4-5,7-14,21,24H,2-3,6,15H2,1H3. The molecule has 1 heterocycles. The summed E-state index contributed by atoms with van der Waals surface area (Å²) >= 11 is 0. The van der Waals surface area contributed by atoms with Gasteiger partial charge in [-0.05, 0) is 12.0 Å². The Bertz CT molecular complexity index is 794. The molecule has 25 heavy (non-hydrogen) atoms. The molecule has 0 spiro atoms. The summed E-state index contributed by atoms with van der Waals surface area (Å²) in [5.41, 5.74) is 1.61. The fraction of sp³-hybridized carbons (Fsp3) is 0.273. The second-order valence-electron chi connectivity index (χ2n) is 6.22. The van der Waals surface area contributed by atoms with Gasteiger partial charge in [0.1, 0.15) is 11.9 Å². The summed E-state index contributed by atoms with van der Waals surface area (Å²) in [7, 11) is 0. The van der Waals surface area contributed by atoms with Crippen molar-refractivity contribution in [1.29, 1.82) is 0 Å². The van der Waals surface area contributed by atoms with Crippen LogP contribution in [0.25, 0.3) is 11.3 Å². The van der Waals surface area contributed by atoms with Gasteiger partial charge in [-0.2, -0.15) is 0 Å². The molecule has 3 heteroatoms. The van der Waals surface area contributed by atoms with Gasteiger partial charge in [-0.3, -0.25) is 0 Å². The molecule has 1 unspecified atom stereocenters. The van der Waals surface area contributed by atoms with Gasteiger partial charge in [0, 0.05) is 12.0 Å². The smallest absolute Gasteiger partial charge is 0.175 e. The zero-order valence-corrected chi connectivity index (χ0v) is 14.4. The Labute approximate surface area is 147 Å². The van der Waals surface area contributed by atoms with E-state index in [2.05, 4.69) is 6.92 Å². The third kappa shape index (κ3) is 3.83. The second kappa shape index (κ2) is 8.13. The van der Waals surface area contributed by atoms with Gasteiger partial charge in [-0.25, -0.2) is 4.39 Å². The Balaban J connectivity index is 2.03. The molecule has 3 rings (SSSR count). The van der Waals surface area contributed by atoms with Gasteiger partial charge < -0.3 is 9.52 Å². The van der Waals surface area contributed by atoms with Crippen LogP contribution in [0.3, 0.4) is 0 Å². The van der Waals surface area contributed by atoms with Crippen LogP contribution in [0.5, 0.6) is 0 Å². The van der Waals surface area contributed by atoms with Crippen molar-refractivity contribution in [3.63, 3.8) is 0 Å². The molecule has 1 aromatic heterocycles. The molecule has 0 radical (unpaired) electrons. The lowest BCUT2D eigenvalue weighted by Gasteiger charge is -2.11. The van der Waals surface area contributed by atoms with E-state index in [1.807, 2.05) is 48.5 Å².